The van der Waals surface area contributed by atoms with Gasteiger partial charge in [-0.15, -0.1) is 12.4 Å². The molecule has 0 bridgehead atoms. The number of benzene rings is 2. The summed E-state index contributed by atoms with van der Waals surface area (Å²) in [6, 6.07) is 17.0. The van der Waals surface area contributed by atoms with Gasteiger partial charge in [-0.3, -0.25) is 0 Å². The van der Waals surface area contributed by atoms with Gasteiger partial charge >= 0.3 is 0 Å². The quantitative estimate of drug-likeness (QED) is 0.370. The number of pyridine rings is 2. The molecule has 0 aliphatic carbocycles. The minimum Gasteiger partial charge on any atom is -0.478 e. The van der Waals surface area contributed by atoms with Crippen LogP contribution < -0.4 is 9.47 Å². The topological polar surface area (TPSA) is 44.2 Å². The normalized spacial score (nSPS) is 10.8. The standard InChI is InChI=1S/C25H26N2O2.ClH/c1-5-28-24-11-16(3)20-14-18(7-9-22(20)26-24)13-19-8-10-23-21(15-19)17(4)12-25(27-23)29-6-2;/h7-12,14-15H,5-6,13H2,1-4H3;1H. The van der Waals surface area contributed by atoms with Crippen molar-refractivity contribution in [2.75, 3.05) is 13.2 Å². The molecule has 0 N–H and O–H groups in total. The lowest BCUT2D eigenvalue weighted by Gasteiger charge is -2.11. The Morgan fingerprint density at radius 2 is 1.10 bits per heavy atom. The summed E-state index contributed by atoms with van der Waals surface area (Å²) < 4.78 is 11.1. The van der Waals surface area contributed by atoms with Gasteiger partial charge in [0.1, 0.15) is 0 Å². The number of aryl methyl sites for hydroxylation is 2. The van der Waals surface area contributed by atoms with Crippen molar-refractivity contribution < 1.29 is 9.47 Å². The predicted molar refractivity (Wildman–Crippen MR) is 125 cm³/mol. The molecule has 0 aliphatic heterocycles. The number of fused-ring (bicyclic) bond motifs is 2. The summed E-state index contributed by atoms with van der Waals surface area (Å²) in [5, 5.41) is 2.34. The first-order chi connectivity index (χ1) is 14.1. The largest absolute Gasteiger partial charge is 0.478 e. The SMILES string of the molecule is CCOc1cc(C)c2cc(Cc3ccc4nc(OCC)cc(C)c4c3)ccc2n1.Cl. The van der Waals surface area contributed by atoms with Gasteiger partial charge in [0, 0.05) is 22.9 Å². The van der Waals surface area contributed by atoms with E-state index in [4.69, 9.17) is 9.47 Å². The van der Waals surface area contributed by atoms with Gasteiger partial charge in [0.05, 0.1) is 24.2 Å². The highest BCUT2D eigenvalue weighted by molar-refractivity contribution is 5.85. The Hall–Kier alpha value is -2.85. The monoisotopic (exact) mass is 422 g/mol. The minimum atomic E-state index is 0. The van der Waals surface area contributed by atoms with E-state index in [9.17, 15) is 0 Å². The fourth-order valence-corrected chi connectivity index (χ4v) is 3.72. The van der Waals surface area contributed by atoms with Crippen molar-refractivity contribution in [3.63, 3.8) is 0 Å². The first-order valence-electron chi connectivity index (χ1n) is 10.1. The van der Waals surface area contributed by atoms with Gasteiger partial charge < -0.3 is 9.47 Å². The summed E-state index contributed by atoms with van der Waals surface area (Å²) in [7, 11) is 0. The number of nitrogens with zero attached hydrogens (tertiary/aromatic N) is 2. The van der Waals surface area contributed by atoms with E-state index in [1.165, 1.54) is 33.0 Å². The molecule has 2 aromatic heterocycles. The maximum absolute atomic E-state index is 5.57. The van der Waals surface area contributed by atoms with E-state index in [0.29, 0.717) is 25.0 Å². The maximum atomic E-state index is 5.57. The molecule has 0 spiro atoms. The lowest BCUT2D eigenvalue weighted by molar-refractivity contribution is 0.327. The zero-order chi connectivity index (χ0) is 20.4. The number of rotatable bonds is 6. The van der Waals surface area contributed by atoms with Crippen LogP contribution in [0.3, 0.4) is 0 Å². The molecule has 156 valence electrons. The molecule has 2 aromatic carbocycles. The van der Waals surface area contributed by atoms with E-state index in [1.807, 2.05) is 26.0 Å². The smallest absolute Gasteiger partial charge is 0.214 e. The van der Waals surface area contributed by atoms with Gasteiger partial charge in [0.2, 0.25) is 11.8 Å². The van der Waals surface area contributed by atoms with Crippen LogP contribution in [0.5, 0.6) is 11.8 Å². The van der Waals surface area contributed by atoms with Crippen molar-refractivity contribution in [1.82, 2.24) is 9.97 Å². The average molecular weight is 423 g/mol. The third-order valence-corrected chi connectivity index (χ3v) is 5.11. The van der Waals surface area contributed by atoms with Gasteiger partial charge in [-0.05, 0) is 80.6 Å². The van der Waals surface area contributed by atoms with Crippen LogP contribution in [-0.4, -0.2) is 23.2 Å². The number of hydrogen-bond donors (Lipinski definition) is 0. The average Bonchev–Trinajstić information content (AvgIpc) is 2.69. The van der Waals surface area contributed by atoms with E-state index in [2.05, 4.69) is 60.2 Å². The first-order valence-corrected chi connectivity index (χ1v) is 10.1. The second-order valence-electron chi connectivity index (χ2n) is 7.30. The molecule has 5 heteroatoms. The van der Waals surface area contributed by atoms with Gasteiger partial charge in [-0.25, -0.2) is 9.97 Å². The van der Waals surface area contributed by atoms with Crippen molar-refractivity contribution in [2.45, 2.75) is 34.1 Å². The van der Waals surface area contributed by atoms with Crippen LogP contribution in [0.2, 0.25) is 0 Å². The van der Waals surface area contributed by atoms with Crippen LogP contribution in [-0.2, 0) is 6.42 Å². The number of aromatic nitrogens is 2. The number of ether oxygens (including phenoxy) is 2. The maximum Gasteiger partial charge on any atom is 0.214 e. The zero-order valence-corrected chi connectivity index (χ0v) is 18.7. The van der Waals surface area contributed by atoms with Crippen molar-refractivity contribution >= 4 is 34.2 Å². The van der Waals surface area contributed by atoms with Crippen LogP contribution in [0.25, 0.3) is 21.8 Å². The van der Waals surface area contributed by atoms with Crippen LogP contribution in [0.4, 0.5) is 0 Å². The molecular formula is C25H27ClN2O2. The Balaban J connectivity index is 0.00000256. The molecule has 0 amide bonds. The predicted octanol–water partition coefficient (Wildman–Crippen LogP) is 6.21. The lowest BCUT2D eigenvalue weighted by atomic mass is 9.99. The fourth-order valence-electron chi connectivity index (χ4n) is 3.72. The Kier molecular flexibility index (Phi) is 6.78. The van der Waals surface area contributed by atoms with Crippen LogP contribution in [0.15, 0.2) is 48.5 Å². The van der Waals surface area contributed by atoms with Crippen molar-refractivity contribution in [1.29, 1.82) is 0 Å². The Bertz CT molecular complexity index is 1100. The van der Waals surface area contributed by atoms with E-state index in [1.54, 1.807) is 0 Å². The molecular weight excluding hydrogens is 396 g/mol. The summed E-state index contributed by atoms with van der Waals surface area (Å²) in [6.45, 7) is 9.41. The molecule has 0 saturated carbocycles. The molecule has 0 fully saturated rings. The molecule has 0 unspecified atom stereocenters. The molecule has 4 rings (SSSR count). The molecule has 0 aliphatic rings. The summed E-state index contributed by atoms with van der Waals surface area (Å²) in [5.74, 6) is 1.38. The van der Waals surface area contributed by atoms with E-state index < -0.39 is 0 Å². The van der Waals surface area contributed by atoms with E-state index in [0.717, 1.165) is 17.5 Å². The minimum absolute atomic E-state index is 0. The summed E-state index contributed by atoms with van der Waals surface area (Å²) in [5.41, 5.74) is 6.84. The van der Waals surface area contributed by atoms with Gasteiger partial charge in [-0.2, -0.15) is 0 Å². The van der Waals surface area contributed by atoms with Crippen molar-refractivity contribution in [3.05, 3.63) is 70.8 Å². The summed E-state index contributed by atoms with van der Waals surface area (Å²) >= 11 is 0. The third-order valence-electron chi connectivity index (χ3n) is 5.11. The second-order valence-corrected chi connectivity index (χ2v) is 7.30. The molecule has 0 atom stereocenters. The molecule has 2 heterocycles. The van der Waals surface area contributed by atoms with E-state index >= 15 is 0 Å². The van der Waals surface area contributed by atoms with Crippen LogP contribution >= 0.6 is 12.4 Å². The Morgan fingerprint density at radius 1 is 0.667 bits per heavy atom. The highest BCUT2D eigenvalue weighted by atomic mass is 35.5. The third kappa shape index (κ3) is 4.49. The van der Waals surface area contributed by atoms with E-state index in [-0.39, 0.29) is 12.4 Å². The second kappa shape index (κ2) is 9.31. The van der Waals surface area contributed by atoms with Crippen LogP contribution in [0, 0.1) is 13.8 Å². The molecule has 4 nitrogen and oxygen atoms in total. The zero-order valence-electron chi connectivity index (χ0n) is 17.9. The highest BCUT2D eigenvalue weighted by Crippen LogP contribution is 2.26. The molecule has 30 heavy (non-hydrogen) atoms. The highest BCUT2D eigenvalue weighted by Gasteiger charge is 2.08. The molecule has 4 aromatic rings. The van der Waals surface area contributed by atoms with Crippen LogP contribution in [0.1, 0.15) is 36.1 Å². The lowest BCUT2D eigenvalue weighted by Crippen LogP contribution is -1.97. The molecule has 0 saturated heterocycles. The summed E-state index contributed by atoms with van der Waals surface area (Å²) in [4.78, 5) is 9.21. The van der Waals surface area contributed by atoms with Crippen molar-refractivity contribution in [2.24, 2.45) is 0 Å². The number of halogens is 1. The van der Waals surface area contributed by atoms with Gasteiger partial charge in [0.25, 0.3) is 0 Å². The first kappa shape index (κ1) is 21.8. The Labute approximate surface area is 183 Å². The van der Waals surface area contributed by atoms with Gasteiger partial charge in [0.15, 0.2) is 0 Å². The fraction of sp³-hybridized carbons (Fsp3) is 0.280. The van der Waals surface area contributed by atoms with Crippen molar-refractivity contribution in [3.8, 4) is 11.8 Å². The summed E-state index contributed by atoms with van der Waals surface area (Å²) in [6.07, 6.45) is 0.866. The Morgan fingerprint density at radius 3 is 1.50 bits per heavy atom. The molecule has 0 radical (unpaired) electrons. The number of hydrogen-bond acceptors (Lipinski definition) is 4. The van der Waals surface area contributed by atoms with Gasteiger partial charge in [-0.1, -0.05) is 12.1 Å².